The summed E-state index contributed by atoms with van der Waals surface area (Å²) in [6, 6.07) is 12.4. The second-order valence-corrected chi connectivity index (χ2v) is 4.10. The second kappa shape index (κ2) is 5.43. The van der Waals surface area contributed by atoms with Gasteiger partial charge >= 0.3 is 0 Å². The first-order chi connectivity index (χ1) is 8.24. The van der Waals surface area contributed by atoms with Crippen LogP contribution in [0.4, 0.5) is 5.82 Å². The van der Waals surface area contributed by atoms with Gasteiger partial charge in [0.15, 0.2) is 0 Å². The van der Waals surface area contributed by atoms with Crippen molar-refractivity contribution in [2.24, 2.45) is 0 Å². The molecule has 0 aliphatic carbocycles. The van der Waals surface area contributed by atoms with E-state index in [9.17, 15) is 0 Å². The molecule has 17 heavy (non-hydrogen) atoms. The highest BCUT2D eigenvalue weighted by atomic mass is 15.0. The molecule has 0 bridgehead atoms. The van der Waals surface area contributed by atoms with Crippen LogP contribution in [0.2, 0.25) is 0 Å². The van der Waals surface area contributed by atoms with Crippen LogP contribution in [0.25, 0.3) is 0 Å². The minimum Gasteiger partial charge on any atom is -0.370 e. The smallest absolute Gasteiger partial charge is 0.129 e. The molecule has 1 heterocycles. The summed E-state index contributed by atoms with van der Waals surface area (Å²) in [4.78, 5) is 8.59. The van der Waals surface area contributed by atoms with Crippen molar-refractivity contribution in [3.8, 4) is 0 Å². The summed E-state index contributed by atoms with van der Waals surface area (Å²) < 4.78 is 0. The average Bonchev–Trinajstić information content (AvgIpc) is 2.29. The van der Waals surface area contributed by atoms with E-state index in [0.29, 0.717) is 0 Å². The van der Waals surface area contributed by atoms with Crippen molar-refractivity contribution in [1.29, 1.82) is 0 Å². The first kappa shape index (κ1) is 11.6. The van der Waals surface area contributed by atoms with Crippen LogP contribution >= 0.6 is 0 Å². The van der Waals surface area contributed by atoms with Crippen molar-refractivity contribution in [1.82, 2.24) is 9.97 Å². The Labute approximate surface area is 102 Å². The fraction of sp³-hybridized carbons (Fsp3) is 0.286. The fourth-order valence-corrected chi connectivity index (χ4v) is 1.79. The molecular weight excluding hydrogens is 210 g/mol. The van der Waals surface area contributed by atoms with Crippen LogP contribution in [0.3, 0.4) is 0 Å². The fourth-order valence-electron chi connectivity index (χ4n) is 1.79. The van der Waals surface area contributed by atoms with Crippen LogP contribution in [0.1, 0.15) is 17.1 Å². The Kier molecular flexibility index (Phi) is 3.70. The molecule has 3 heteroatoms. The summed E-state index contributed by atoms with van der Waals surface area (Å²) in [5.41, 5.74) is 2.34. The molecule has 1 aromatic carbocycles. The first-order valence-corrected chi connectivity index (χ1v) is 5.84. The number of anilines is 1. The third kappa shape index (κ3) is 3.55. The summed E-state index contributed by atoms with van der Waals surface area (Å²) in [5.74, 6) is 1.72. The Morgan fingerprint density at radius 3 is 2.53 bits per heavy atom. The Balaban J connectivity index is 1.90. The lowest BCUT2D eigenvalue weighted by atomic mass is 10.1. The van der Waals surface area contributed by atoms with E-state index in [0.717, 1.165) is 30.3 Å². The lowest BCUT2D eigenvalue weighted by Gasteiger charge is -2.07. The third-order valence-corrected chi connectivity index (χ3v) is 2.53. The molecule has 0 unspecified atom stereocenters. The molecule has 0 saturated heterocycles. The second-order valence-electron chi connectivity index (χ2n) is 4.10. The molecule has 0 atom stereocenters. The van der Waals surface area contributed by atoms with Gasteiger partial charge in [-0.25, -0.2) is 9.97 Å². The Morgan fingerprint density at radius 2 is 1.82 bits per heavy atom. The normalized spacial score (nSPS) is 10.2. The summed E-state index contributed by atoms with van der Waals surface area (Å²) >= 11 is 0. The molecule has 0 amide bonds. The van der Waals surface area contributed by atoms with Gasteiger partial charge in [0.05, 0.1) is 0 Å². The van der Waals surface area contributed by atoms with Gasteiger partial charge in [-0.05, 0) is 25.8 Å². The SMILES string of the molecule is Cc1cc(NCCc2ccccc2)nc(C)n1. The van der Waals surface area contributed by atoms with Crippen molar-refractivity contribution in [3.63, 3.8) is 0 Å². The molecule has 0 fully saturated rings. The van der Waals surface area contributed by atoms with Crippen LogP contribution < -0.4 is 5.32 Å². The van der Waals surface area contributed by atoms with E-state index in [1.54, 1.807) is 0 Å². The van der Waals surface area contributed by atoms with E-state index in [4.69, 9.17) is 0 Å². The minimum absolute atomic E-state index is 0.812. The molecule has 2 rings (SSSR count). The zero-order valence-electron chi connectivity index (χ0n) is 10.3. The number of nitrogens with zero attached hydrogens (tertiary/aromatic N) is 2. The van der Waals surface area contributed by atoms with Crippen LogP contribution in [0.5, 0.6) is 0 Å². The summed E-state index contributed by atoms with van der Waals surface area (Å²) in [7, 11) is 0. The molecule has 0 saturated carbocycles. The lowest BCUT2D eigenvalue weighted by Crippen LogP contribution is -2.07. The monoisotopic (exact) mass is 227 g/mol. The minimum atomic E-state index is 0.812. The average molecular weight is 227 g/mol. The number of hydrogen-bond acceptors (Lipinski definition) is 3. The molecule has 0 spiro atoms. The van der Waals surface area contributed by atoms with Gasteiger partial charge in [0.1, 0.15) is 11.6 Å². The summed E-state index contributed by atoms with van der Waals surface area (Å²) in [5, 5.41) is 3.32. The summed E-state index contributed by atoms with van der Waals surface area (Å²) in [6.45, 7) is 4.78. The largest absolute Gasteiger partial charge is 0.370 e. The van der Waals surface area contributed by atoms with Gasteiger partial charge in [0.2, 0.25) is 0 Å². The molecule has 2 aromatic rings. The number of aryl methyl sites for hydroxylation is 2. The van der Waals surface area contributed by atoms with E-state index >= 15 is 0 Å². The maximum atomic E-state index is 4.34. The Bertz CT molecular complexity index is 460. The molecule has 1 aromatic heterocycles. The van der Waals surface area contributed by atoms with E-state index in [1.807, 2.05) is 26.0 Å². The molecule has 88 valence electrons. The number of rotatable bonds is 4. The molecular formula is C14H17N3. The topological polar surface area (TPSA) is 37.8 Å². The lowest BCUT2D eigenvalue weighted by molar-refractivity contribution is 0.966. The van der Waals surface area contributed by atoms with E-state index < -0.39 is 0 Å². The van der Waals surface area contributed by atoms with Crippen molar-refractivity contribution in [2.75, 3.05) is 11.9 Å². The molecule has 0 aliphatic heterocycles. The van der Waals surface area contributed by atoms with Gasteiger partial charge in [-0.1, -0.05) is 30.3 Å². The number of nitrogens with one attached hydrogen (secondary N) is 1. The molecule has 0 radical (unpaired) electrons. The standard InChI is InChI=1S/C14H17N3/c1-11-10-14(17-12(2)16-11)15-9-8-13-6-4-3-5-7-13/h3-7,10H,8-9H2,1-2H3,(H,15,16,17). The van der Waals surface area contributed by atoms with E-state index in [2.05, 4.69) is 39.6 Å². The predicted molar refractivity (Wildman–Crippen MR) is 70.1 cm³/mol. The molecule has 0 aliphatic rings. The Morgan fingerprint density at radius 1 is 1.06 bits per heavy atom. The van der Waals surface area contributed by atoms with Crippen molar-refractivity contribution in [2.45, 2.75) is 20.3 Å². The molecule has 1 N–H and O–H groups in total. The van der Waals surface area contributed by atoms with E-state index in [-0.39, 0.29) is 0 Å². The van der Waals surface area contributed by atoms with E-state index in [1.165, 1.54) is 5.56 Å². The van der Waals surface area contributed by atoms with Crippen molar-refractivity contribution >= 4 is 5.82 Å². The quantitative estimate of drug-likeness (QED) is 0.872. The summed E-state index contributed by atoms with van der Waals surface area (Å²) in [6.07, 6.45) is 1.00. The Hall–Kier alpha value is -1.90. The zero-order chi connectivity index (χ0) is 12.1. The highest BCUT2D eigenvalue weighted by Crippen LogP contribution is 2.06. The van der Waals surface area contributed by atoms with Crippen molar-refractivity contribution < 1.29 is 0 Å². The van der Waals surface area contributed by atoms with Crippen LogP contribution in [0.15, 0.2) is 36.4 Å². The van der Waals surface area contributed by atoms with Crippen LogP contribution in [-0.2, 0) is 6.42 Å². The van der Waals surface area contributed by atoms with Gasteiger partial charge in [0, 0.05) is 18.3 Å². The van der Waals surface area contributed by atoms with Crippen LogP contribution in [0, 0.1) is 13.8 Å². The van der Waals surface area contributed by atoms with Gasteiger partial charge < -0.3 is 5.32 Å². The number of hydrogen-bond donors (Lipinski definition) is 1. The van der Waals surface area contributed by atoms with Crippen molar-refractivity contribution in [3.05, 3.63) is 53.5 Å². The number of aromatic nitrogens is 2. The van der Waals surface area contributed by atoms with Gasteiger partial charge in [-0.15, -0.1) is 0 Å². The number of benzene rings is 1. The third-order valence-electron chi connectivity index (χ3n) is 2.53. The van der Waals surface area contributed by atoms with Crippen LogP contribution in [-0.4, -0.2) is 16.5 Å². The maximum Gasteiger partial charge on any atom is 0.129 e. The highest BCUT2D eigenvalue weighted by molar-refractivity contribution is 5.35. The van der Waals surface area contributed by atoms with Gasteiger partial charge in [-0.3, -0.25) is 0 Å². The predicted octanol–water partition coefficient (Wildman–Crippen LogP) is 2.75. The maximum absolute atomic E-state index is 4.34. The van der Waals surface area contributed by atoms with Gasteiger partial charge in [-0.2, -0.15) is 0 Å². The van der Waals surface area contributed by atoms with Gasteiger partial charge in [0.25, 0.3) is 0 Å². The zero-order valence-corrected chi connectivity index (χ0v) is 10.3. The highest BCUT2D eigenvalue weighted by Gasteiger charge is 1.98. The first-order valence-electron chi connectivity index (χ1n) is 5.84. The molecule has 3 nitrogen and oxygen atoms in total.